The Balaban J connectivity index is 2.09. The van der Waals surface area contributed by atoms with Gasteiger partial charge in [0, 0.05) is 6.20 Å². The molecule has 0 aliphatic carbocycles. The molecule has 0 spiro atoms. The fourth-order valence-electron chi connectivity index (χ4n) is 1.46. The summed E-state index contributed by atoms with van der Waals surface area (Å²) in [7, 11) is 0. The molecule has 1 aromatic rings. The first-order valence-corrected chi connectivity index (χ1v) is 5.55. The molecule has 2 rings (SSSR count). The first kappa shape index (κ1) is 11.5. The Hall–Kier alpha value is -1.97. The summed E-state index contributed by atoms with van der Waals surface area (Å²) in [5.41, 5.74) is 0.926. The van der Waals surface area contributed by atoms with E-state index in [1.54, 1.807) is 12.3 Å². The molecule has 0 radical (unpaired) electrons. The molecule has 17 heavy (non-hydrogen) atoms. The van der Waals surface area contributed by atoms with Crippen molar-refractivity contribution in [1.82, 2.24) is 4.98 Å². The minimum atomic E-state index is 0.552. The number of hydrogen-bond acceptors (Lipinski definition) is 4. The van der Waals surface area contributed by atoms with Crippen LogP contribution < -0.4 is 9.47 Å². The van der Waals surface area contributed by atoms with E-state index in [1.165, 1.54) is 0 Å². The van der Waals surface area contributed by atoms with Crippen LogP contribution in [0, 0.1) is 0 Å². The molecule has 0 atom stereocenters. The maximum Gasteiger partial charge on any atom is 0.257 e. The van der Waals surface area contributed by atoms with E-state index in [4.69, 9.17) is 14.2 Å². The van der Waals surface area contributed by atoms with Gasteiger partial charge in [-0.25, -0.2) is 4.98 Å². The van der Waals surface area contributed by atoms with Gasteiger partial charge in [0.2, 0.25) is 0 Å². The van der Waals surface area contributed by atoms with Gasteiger partial charge in [-0.3, -0.25) is 0 Å². The normalized spacial score (nSPS) is 13.7. The predicted molar refractivity (Wildman–Crippen MR) is 65.0 cm³/mol. The quantitative estimate of drug-likeness (QED) is 0.591. The third-order valence-corrected chi connectivity index (χ3v) is 2.21. The van der Waals surface area contributed by atoms with E-state index in [1.807, 2.05) is 19.1 Å². The van der Waals surface area contributed by atoms with Gasteiger partial charge in [-0.2, -0.15) is 0 Å². The number of hydrogen-bond donors (Lipinski definition) is 0. The maximum atomic E-state index is 5.44. The van der Waals surface area contributed by atoms with Crippen molar-refractivity contribution in [2.75, 3.05) is 19.8 Å². The fraction of sp³-hybridized carbons (Fsp3) is 0.308. The van der Waals surface area contributed by atoms with Crippen LogP contribution in [0.4, 0.5) is 0 Å². The molecule has 0 N–H and O–H groups in total. The van der Waals surface area contributed by atoms with Crippen LogP contribution in [0.15, 0.2) is 30.7 Å². The van der Waals surface area contributed by atoms with Crippen LogP contribution in [0.25, 0.3) is 6.08 Å². The molecule has 0 unspecified atom stereocenters. The lowest BCUT2D eigenvalue weighted by Crippen LogP contribution is -2.16. The number of allylic oxidation sites excluding steroid dienone is 1. The van der Waals surface area contributed by atoms with Crippen LogP contribution in [-0.4, -0.2) is 24.8 Å². The molecule has 1 aliphatic rings. The molecule has 4 nitrogen and oxygen atoms in total. The highest BCUT2D eigenvalue weighted by Crippen LogP contribution is 2.28. The largest absolute Gasteiger partial charge is 0.495 e. The Labute approximate surface area is 101 Å². The highest BCUT2D eigenvalue weighted by atomic mass is 16.6. The summed E-state index contributed by atoms with van der Waals surface area (Å²) < 4.78 is 16.0. The smallest absolute Gasteiger partial charge is 0.257 e. The van der Waals surface area contributed by atoms with Gasteiger partial charge < -0.3 is 14.2 Å². The summed E-state index contributed by atoms with van der Waals surface area (Å²) in [4.78, 5) is 4.17. The van der Waals surface area contributed by atoms with Crippen LogP contribution in [0.5, 0.6) is 11.6 Å². The fourth-order valence-corrected chi connectivity index (χ4v) is 1.46. The predicted octanol–water partition coefficient (Wildman–Crippen LogP) is 2.42. The lowest BCUT2D eigenvalue weighted by atomic mass is 10.2. The van der Waals surface area contributed by atoms with Gasteiger partial charge in [0.25, 0.3) is 5.88 Å². The van der Waals surface area contributed by atoms with Crippen molar-refractivity contribution in [3.05, 3.63) is 36.2 Å². The van der Waals surface area contributed by atoms with Gasteiger partial charge in [0.15, 0.2) is 5.75 Å². The highest BCUT2D eigenvalue weighted by molar-refractivity contribution is 5.54. The molecule has 0 aromatic carbocycles. The molecule has 1 aromatic heterocycles. The van der Waals surface area contributed by atoms with Crippen LogP contribution >= 0.6 is 0 Å². The summed E-state index contributed by atoms with van der Waals surface area (Å²) in [5, 5.41) is 0. The Morgan fingerprint density at radius 2 is 2.35 bits per heavy atom. The highest BCUT2D eigenvalue weighted by Gasteiger charge is 2.12. The topological polar surface area (TPSA) is 40.6 Å². The van der Waals surface area contributed by atoms with E-state index in [0.29, 0.717) is 37.2 Å². The molecule has 4 heteroatoms. The van der Waals surface area contributed by atoms with Gasteiger partial charge >= 0.3 is 0 Å². The summed E-state index contributed by atoms with van der Waals surface area (Å²) in [6.45, 7) is 7.41. The van der Waals surface area contributed by atoms with Gasteiger partial charge in [0.1, 0.15) is 19.0 Å². The third kappa shape index (κ3) is 3.00. The van der Waals surface area contributed by atoms with Crippen LogP contribution in [0.3, 0.4) is 0 Å². The lowest BCUT2D eigenvalue weighted by Gasteiger charge is -2.16. The number of pyridine rings is 1. The monoisotopic (exact) mass is 233 g/mol. The van der Waals surface area contributed by atoms with Gasteiger partial charge in [0.05, 0.1) is 6.61 Å². The van der Waals surface area contributed by atoms with Crippen molar-refractivity contribution in [3.63, 3.8) is 0 Å². The second-order valence-corrected chi connectivity index (χ2v) is 3.50. The van der Waals surface area contributed by atoms with Crippen LogP contribution in [0.2, 0.25) is 0 Å². The molecular formula is C13H15NO3. The van der Waals surface area contributed by atoms with E-state index in [2.05, 4.69) is 11.6 Å². The van der Waals surface area contributed by atoms with Crippen molar-refractivity contribution in [2.45, 2.75) is 6.92 Å². The Kier molecular flexibility index (Phi) is 3.65. The number of rotatable bonds is 4. The van der Waals surface area contributed by atoms with Crippen molar-refractivity contribution < 1.29 is 14.2 Å². The molecule has 1 aliphatic heterocycles. The van der Waals surface area contributed by atoms with Crippen molar-refractivity contribution in [1.29, 1.82) is 0 Å². The van der Waals surface area contributed by atoms with E-state index in [-0.39, 0.29) is 0 Å². The molecule has 0 amide bonds. The van der Waals surface area contributed by atoms with Crippen LogP contribution in [-0.2, 0) is 4.74 Å². The number of ether oxygens (including phenoxy) is 3. The Morgan fingerprint density at radius 3 is 3.18 bits per heavy atom. The van der Waals surface area contributed by atoms with Crippen LogP contribution in [0.1, 0.15) is 12.5 Å². The van der Waals surface area contributed by atoms with Crippen molar-refractivity contribution in [2.24, 2.45) is 0 Å². The number of fused-ring (bicyclic) bond motifs is 1. The van der Waals surface area contributed by atoms with Gasteiger partial charge in [-0.15, -0.1) is 0 Å². The summed E-state index contributed by atoms with van der Waals surface area (Å²) in [6.07, 6.45) is 5.41. The van der Waals surface area contributed by atoms with E-state index in [0.717, 1.165) is 5.56 Å². The second-order valence-electron chi connectivity index (χ2n) is 3.50. The van der Waals surface area contributed by atoms with Crippen molar-refractivity contribution in [3.8, 4) is 11.6 Å². The summed E-state index contributed by atoms with van der Waals surface area (Å²) in [5.74, 6) is 1.86. The molecule has 2 heterocycles. The summed E-state index contributed by atoms with van der Waals surface area (Å²) >= 11 is 0. The van der Waals surface area contributed by atoms with Crippen molar-refractivity contribution >= 4 is 6.08 Å². The van der Waals surface area contributed by atoms with E-state index in [9.17, 15) is 0 Å². The van der Waals surface area contributed by atoms with Gasteiger partial charge in [-0.1, -0.05) is 6.58 Å². The number of aromatic nitrogens is 1. The molecule has 90 valence electrons. The Morgan fingerprint density at radius 1 is 1.53 bits per heavy atom. The molecule has 0 saturated heterocycles. The average Bonchev–Trinajstić information content (AvgIpc) is 2.36. The average molecular weight is 233 g/mol. The zero-order valence-electron chi connectivity index (χ0n) is 9.81. The lowest BCUT2D eigenvalue weighted by molar-refractivity contribution is 0.164. The third-order valence-electron chi connectivity index (χ3n) is 2.21. The first-order chi connectivity index (χ1) is 8.29. The van der Waals surface area contributed by atoms with Gasteiger partial charge in [-0.05, 0) is 30.7 Å². The zero-order valence-corrected chi connectivity index (χ0v) is 9.81. The van der Waals surface area contributed by atoms with E-state index < -0.39 is 0 Å². The SMILES string of the molecule is C=C(/C=C/c1cnc2c(c1)OCCO2)OCC. The summed E-state index contributed by atoms with van der Waals surface area (Å²) in [6, 6.07) is 1.89. The Bertz CT molecular complexity index is 440. The van der Waals surface area contributed by atoms with E-state index >= 15 is 0 Å². The first-order valence-electron chi connectivity index (χ1n) is 5.55. The maximum absolute atomic E-state index is 5.44. The number of nitrogens with zero attached hydrogens (tertiary/aromatic N) is 1. The minimum absolute atomic E-state index is 0.552. The molecular weight excluding hydrogens is 218 g/mol. The molecule has 0 bridgehead atoms. The second kappa shape index (κ2) is 5.39. The minimum Gasteiger partial charge on any atom is -0.495 e. The molecule has 0 saturated carbocycles. The standard InChI is InChI=1S/C13H15NO3/c1-3-15-10(2)4-5-11-8-12-13(14-9-11)17-7-6-16-12/h4-5,8-9H,2-3,6-7H2,1H3/b5-4+. The molecule has 0 fully saturated rings. The zero-order chi connectivity index (χ0) is 12.1.